The molecular weight excluding hydrogens is 450 g/mol. The molecule has 4 aromatic rings. The molecule has 2 unspecified atom stereocenters. The van der Waals surface area contributed by atoms with E-state index in [1.165, 1.54) is 11.1 Å². The summed E-state index contributed by atoms with van der Waals surface area (Å²) in [4.78, 5) is 11.5. The van der Waals surface area contributed by atoms with Crippen LogP contribution in [-0.4, -0.2) is 19.6 Å². The highest BCUT2D eigenvalue weighted by Crippen LogP contribution is 2.43. The first-order valence-corrected chi connectivity index (χ1v) is 11.6. The van der Waals surface area contributed by atoms with Crippen LogP contribution in [-0.2, 0) is 0 Å². The summed E-state index contributed by atoms with van der Waals surface area (Å²) in [5.74, 6) is 0.914. The summed E-state index contributed by atoms with van der Waals surface area (Å²) in [6.07, 6.45) is 3.67. The Hall–Kier alpha value is -3.22. The number of anilines is 1. The Morgan fingerprint density at radius 1 is 0.939 bits per heavy atom. The molecule has 7 heteroatoms. The number of thiocarbonyl (C=S) groups is 1. The van der Waals surface area contributed by atoms with E-state index in [2.05, 4.69) is 57.7 Å². The summed E-state index contributed by atoms with van der Waals surface area (Å²) < 4.78 is 2.21. The zero-order valence-corrected chi connectivity index (χ0v) is 20.2. The van der Waals surface area contributed by atoms with Gasteiger partial charge in [0, 0.05) is 34.5 Å². The molecule has 5 rings (SSSR count). The van der Waals surface area contributed by atoms with Gasteiger partial charge in [-0.1, -0.05) is 17.7 Å². The number of pyridine rings is 2. The van der Waals surface area contributed by atoms with Crippen molar-refractivity contribution in [1.29, 1.82) is 0 Å². The predicted molar refractivity (Wildman–Crippen MR) is 137 cm³/mol. The lowest BCUT2D eigenvalue weighted by Crippen LogP contribution is -2.29. The summed E-state index contributed by atoms with van der Waals surface area (Å²) in [5, 5.41) is 4.88. The van der Waals surface area contributed by atoms with Crippen molar-refractivity contribution in [3.05, 3.63) is 106 Å². The van der Waals surface area contributed by atoms with Crippen LogP contribution in [0.1, 0.15) is 40.3 Å². The molecule has 5 nitrogen and oxygen atoms in total. The fraction of sp³-hybridized carbons (Fsp3) is 0.192. The van der Waals surface area contributed by atoms with Crippen LogP contribution in [0.25, 0.3) is 5.82 Å². The van der Waals surface area contributed by atoms with Crippen molar-refractivity contribution >= 4 is 34.6 Å². The van der Waals surface area contributed by atoms with Crippen LogP contribution >= 0.6 is 23.8 Å². The minimum Gasteiger partial charge on any atom is -0.351 e. The Morgan fingerprint density at radius 2 is 1.73 bits per heavy atom. The molecule has 166 valence electrons. The number of hydrogen-bond donors (Lipinski definition) is 1. The van der Waals surface area contributed by atoms with E-state index in [1.807, 2.05) is 60.9 Å². The average molecular weight is 474 g/mol. The first kappa shape index (κ1) is 21.6. The van der Waals surface area contributed by atoms with Crippen LogP contribution < -0.4 is 10.2 Å². The highest BCUT2D eigenvalue weighted by Gasteiger charge is 2.42. The fourth-order valence-corrected chi connectivity index (χ4v) is 5.10. The van der Waals surface area contributed by atoms with E-state index in [0.717, 1.165) is 28.6 Å². The first-order chi connectivity index (χ1) is 15.9. The standard InChI is InChI=1S/C26H24ClN5S/c1-16-11-13-29-23(14-16)31-17(2)15-21(18(31)3)25-24(22-6-4-5-12-28-22)30-26(33)32(25)20-9-7-19(27)8-10-20/h4-15,24-25H,1-3H3,(H,30,33). The number of rotatable bonds is 4. The van der Waals surface area contributed by atoms with E-state index >= 15 is 0 Å². The maximum absolute atomic E-state index is 6.18. The van der Waals surface area contributed by atoms with Crippen molar-refractivity contribution in [3.63, 3.8) is 0 Å². The molecule has 2 atom stereocenters. The van der Waals surface area contributed by atoms with Gasteiger partial charge < -0.3 is 14.8 Å². The van der Waals surface area contributed by atoms with Crippen molar-refractivity contribution in [2.75, 3.05) is 4.90 Å². The zero-order chi connectivity index (χ0) is 23.1. The summed E-state index contributed by atoms with van der Waals surface area (Å²) >= 11 is 12.0. The quantitative estimate of drug-likeness (QED) is 0.367. The zero-order valence-electron chi connectivity index (χ0n) is 18.7. The van der Waals surface area contributed by atoms with E-state index in [4.69, 9.17) is 23.8 Å². The number of hydrogen-bond acceptors (Lipinski definition) is 3. The summed E-state index contributed by atoms with van der Waals surface area (Å²) in [7, 11) is 0. The Bertz CT molecular complexity index is 1320. The molecule has 0 radical (unpaired) electrons. The largest absolute Gasteiger partial charge is 0.351 e. The maximum atomic E-state index is 6.18. The van der Waals surface area contributed by atoms with E-state index in [-0.39, 0.29) is 12.1 Å². The first-order valence-electron chi connectivity index (χ1n) is 10.8. The molecular formula is C26H24ClN5S. The Balaban J connectivity index is 1.68. The van der Waals surface area contributed by atoms with Gasteiger partial charge in [0.05, 0.1) is 17.8 Å². The second-order valence-corrected chi connectivity index (χ2v) is 9.15. The van der Waals surface area contributed by atoms with Crippen LogP contribution in [0.2, 0.25) is 5.02 Å². The van der Waals surface area contributed by atoms with Crippen LogP contribution in [0.5, 0.6) is 0 Å². The van der Waals surface area contributed by atoms with Gasteiger partial charge in [0.2, 0.25) is 0 Å². The molecule has 1 fully saturated rings. The molecule has 4 heterocycles. The molecule has 3 aromatic heterocycles. The number of aromatic nitrogens is 3. The molecule has 1 aromatic carbocycles. The summed E-state index contributed by atoms with van der Waals surface area (Å²) in [6.45, 7) is 6.34. The normalized spacial score (nSPS) is 17.9. The van der Waals surface area contributed by atoms with Gasteiger partial charge in [-0.2, -0.15) is 0 Å². The smallest absolute Gasteiger partial charge is 0.174 e. The van der Waals surface area contributed by atoms with Crippen molar-refractivity contribution < 1.29 is 0 Å². The lowest BCUT2D eigenvalue weighted by Gasteiger charge is -2.28. The van der Waals surface area contributed by atoms with E-state index < -0.39 is 0 Å². The Kier molecular flexibility index (Phi) is 5.64. The molecule has 0 saturated carbocycles. The van der Waals surface area contributed by atoms with Crippen molar-refractivity contribution in [2.45, 2.75) is 32.9 Å². The maximum Gasteiger partial charge on any atom is 0.174 e. The topological polar surface area (TPSA) is 46.0 Å². The van der Waals surface area contributed by atoms with Crippen molar-refractivity contribution in [2.24, 2.45) is 0 Å². The minimum atomic E-state index is -0.103. The highest BCUT2D eigenvalue weighted by molar-refractivity contribution is 7.80. The number of aryl methyl sites for hydroxylation is 2. The van der Waals surface area contributed by atoms with Gasteiger partial charge in [0.25, 0.3) is 0 Å². The van der Waals surface area contributed by atoms with Gasteiger partial charge in [-0.05, 0) is 98.7 Å². The number of benzene rings is 1. The molecule has 1 aliphatic heterocycles. The number of nitrogens with zero attached hydrogens (tertiary/aromatic N) is 4. The van der Waals surface area contributed by atoms with E-state index in [1.54, 1.807) is 0 Å². The van der Waals surface area contributed by atoms with Gasteiger partial charge in [-0.15, -0.1) is 0 Å². The molecule has 1 saturated heterocycles. The monoisotopic (exact) mass is 473 g/mol. The molecule has 33 heavy (non-hydrogen) atoms. The number of nitrogens with one attached hydrogen (secondary N) is 1. The molecule has 1 N–H and O–H groups in total. The van der Waals surface area contributed by atoms with E-state index in [0.29, 0.717) is 10.1 Å². The second-order valence-electron chi connectivity index (χ2n) is 8.33. The second kappa shape index (κ2) is 8.61. The molecule has 1 aliphatic rings. The van der Waals surface area contributed by atoms with Crippen LogP contribution in [0.15, 0.2) is 73.1 Å². The molecule has 0 spiro atoms. The highest BCUT2D eigenvalue weighted by atomic mass is 35.5. The lowest BCUT2D eigenvalue weighted by atomic mass is 9.96. The molecule has 0 aliphatic carbocycles. The predicted octanol–water partition coefficient (Wildman–Crippen LogP) is 6.02. The Labute approximate surface area is 204 Å². The van der Waals surface area contributed by atoms with Gasteiger partial charge in [0.1, 0.15) is 5.82 Å². The van der Waals surface area contributed by atoms with E-state index in [9.17, 15) is 0 Å². The van der Waals surface area contributed by atoms with Gasteiger partial charge in [-0.3, -0.25) is 4.98 Å². The number of halogens is 1. The minimum absolute atomic E-state index is 0.0849. The summed E-state index contributed by atoms with van der Waals surface area (Å²) in [5.41, 5.74) is 6.52. The third kappa shape index (κ3) is 3.90. The average Bonchev–Trinajstić information content (AvgIpc) is 3.30. The van der Waals surface area contributed by atoms with Gasteiger partial charge in [-0.25, -0.2) is 4.98 Å². The van der Waals surface area contributed by atoms with Gasteiger partial charge in [0.15, 0.2) is 5.11 Å². The van der Waals surface area contributed by atoms with Crippen LogP contribution in [0.4, 0.5) is 5.69 Å². The lowest BCUT2D eigenvalue weighted by molar-refractivity contribution is 0.565. The van der Waals surface area contributed by atoms with Crippen LogP contribution in [0, 0.1) is 20.8 Å². The SMILES string of the molecule is Cc1ccnc(-n2c(C)cc(C3C(c4ccccn4)NC(=S)N3c3ccc(Cl)cc3)c2C)c1. The molecule has 0 bridgehead atoms. The van der Waals surface area contributed by atoms with Crippen molar-refractivity contribution in [3.8, 4) is 5.82 Å². The third-order valence-corrected chi connectivity index (χ3v) is 6.69. The van der Waals surface area contributed by atoms with Crippen LogP contribution in [0.3, 0.4) is 0 Å². The third-order valence-electron chi connectivity index (χ3n) is 6.12. The fourth-order valence-electron chi connectivity index (χ4n) is 4.63. The van der Waals surface area contributed by atoms with Crippen molar-refractivity contribution in [1.82, 2.24) is 19.9 Å². The molecule has 0 amide bonds. The van der Waals surface area contributed by atoms with Gasteiger partial charge >= 0.3 is 0 Å². The summed E-state index contributed by atoms with van der Waals surface area (Å²) in [6, 6.07) is 19.9. The Morgan fingerprint density at radius 3 is 2.42 bits per heavy atom.